The molecule has 0 radical (unpaired) electrons. The maximum atomic E-state index is 11.2. The molecule has 4 nitrogen and oxygen atoms in total. The summed E-state index contributed by atoms with van der Waals surface area (Å²) < 4.78 is 11.7. The standard InChI is InChI=1S/C14H16BrNO3/c15-11-6-10(14(16)4-2-1-3-5-14)13-12(9(11)7-17)18-8-19-13/h6-7H,1-5,8,16H2. The van der Waals surface area contributed by atoms with E-state index in [1.165, 1.54) is 6.42 Å². The van der Waals surface area contributed by atoms with E-state index in [4.69, 9.17) is 15.2 Å². The van der Waals surface area contributed by atoms with Crippen molar-refractivity contribution >= 4 is 22.2 Å². The van der Waals surface area contributed by atoms with E-state index in [9.17, 15) is 4.79 Å². The first kappa shape index (κ1) is 12.9. The van der Waals surface area contributed by atoms with Gasteiger partial charge in [-0.3, -0.25) is 4.79 Å². The summed E-state index contributed by atoms with van der Waals surface area (Å²) in [5.41, 5.74) is 7.65. The van der Waals surface area contributed by atoms with Gasteiger partial charge in [0.05, 0.1) is 5.56 Å². The molecule has 1 aromatic rings. The van der Waals surface area contributed by atoms with E-state index in [1.807, 2.05) is 6.07 Å². The van der Waals surface area contributed by atoms with Crippen molar-refractivity contribution in [1.29, 1.82) is 0 Å². The number of nitrogens with two attached hydrogens (primary N) is 1. The Hall–Kier alpha value is -1.07. The average Bonchev–Trinajstić information content (AvgIpc) is 2.87. The lowest BCUT2D eigenvalue weighted by Gasteiger charge is -2.34. The third-order valence-corrected chi connectivity index (χ3v) is 4.69. The predicted molar refractivity (Wildman–Crippen MR) is 74.6 cm³/mol. The molecule has 1 aromatic carbocycles. The zero-order valence-corrected chi connectivity index (χ0v) is 12.2. The largest absolute Gasteiger partial charge is 0.453 e. The highest BCUT2D eigenvalue weighted by atomic mass is 79.9. The van der Waals surface area contributed by atoms with Gasteiger partial charge in [-0.05, 0) is 34.8 Å². The SMILES string of the molecule is NC1(c2cc(Br)c(C=O)c3c2OCO3)CCCCC1. The maximum absolute atomic E-state index is 11.2. The monoisotopic (exact) mass is 325 g/mol. The molecule has 0 aromatic heterocycles. The van der Waals surface area contributed by atoms with Gasteiger partial charge in [-0.15, -0.1) is 0 Å². The lowest BCUT2D eigenvalue weighted by molar-refractivity contribution is 0.111. The molecule has 0 spiro atoms. The van der Waals surface area contributed by atoms with Crippen LogP contribution in [0.4, 0.5) is 0 Å². The third-order valence-electron chi connectivity index (χ3n) is 4.03. The fourth-order valence-electron chi connectivity index (χ4n) is 2.99. The molecule has 3 rings (SSSR count). The molecule has 0 atom stereocenters. The number of ether oxygens (including phenoxy) is 2. The Kier molecular flexibility index (Phi) is 3.27. The van der Waals surface area contributed by atoms with Gasteiger partial charge in [0.25, 0.3) is 0 Å². The van der Waals surface area contributed by atoms with E-state index in [1.54, 1.807) is 0 Å². The van der Waals surface area contributed by atoms with E-state index >= 15 is 0 Å². The Balaban J connectivity index is 2.14. The van der Waals surface area contributed by atoms with Gasteiger partial charge in [0.1, 0.15) is 0 Å². The van der Waals surface area contributed by atoms with Crippen molar-refractivity contribution in [3.63, 3.8) is 0 Å². The van der Waals surface area contributed by atoms with Crippen molar-refractivity contribution < 1.29 is 14.3 Å². The van der Waals surface area contributed by atoms with Crippen LogP contribution in [-0.4, -0.2) is 13.1 Å². The van der Waals surface area contributed by atoms with E-state index in [0.717, 1.165) is 42.0 Å². The van der Waals surface area contributed by atoms with Crippen LogP contribution in [-0.2, 0) is 5.54 Å². The molecule has 1 aliphatic carbocycles. The number of hydrogen-bond donors (Lipinski definition) is 1. The highest BCUT2D eigenvalue weighted by Gasteiger charge is 2.36. The lowest BCUT2D eigenvalue weighted by Crippen LogP contribution is -2.38. The summed E-state index contributed by atoms with van der Waals surface area (Å²) in [4.78, 5) is 11.2. The summed E-state index contributed by atoms with van der Waals surface area (Å²) in [7, 11) is 0. The number of fused-ring (bicyclic) bond motifs is 1. The minimum Gasteiger partial charge on any atom is -0.453 e. The molecule has 102 valence electrons. The highest BCUT2D eigenvalue weighted by Crippen LogP contribution is 2.48. The molecule has 0 bridgehead atoms. The number of aldehydes is 1. The summed E-state index contributed by atoms with van der Waals surface area (Å²) in [6.07, 6.45) is 6.14. The third kappa shape index (κ3) is 2.05. The van der Waals surface area contributed by atoms with E-state index < -0.39 is 0 Å². The van der Waals surface area contributed by atoms with Gasteiger partial charge in [0.15, 0.2) is 17.8 Å². The molecule has 1 fully saturated rings. The first-order valence-electron chi connectivity index (χ1n) is 6.52. The first-order chi connectivity index (χ1) is 9.15. The molecular weight excluding hydrogens is 310 g/mol. The quantitative estimate of drug-likeness (QED) is 0.849. The van der Waals surface area contributed by atoms with Crippen molar-refractivity contribution in [2.45, 2.75) is 37.6 Å². The fraction of sp³-hybridized carbons (Fsp3) is 0.500. The molecule has 2 aliphatic rings. The lowest BCUT2D eigenvalue weighted by atomic mass is 9.77. The molecule has 2 N–H and O–H groups in total. The molecular formula is C14H16BrNO3. The summed E-state index contributed by atoms with van der Waals surface area (Å²) in [5, 5.41) is 0. The van der Waals surface area contributed by atoms with Gasteiger partial charge in [-0.1, -0.05) is 19.3 Å². The molecule has 19 heavy (non-hydrogen) atoms. The summed E-state index contributed by atoms with van der Waals surface area (Å²) >= 11 is 3.43. The Morgan fingerprint density at radius 2 is 1.89 bits per heavy atom. The predicted octanol–water partition coefficient (Wildman–Crippen LogP) is 3.11. The van der Waals surface area contributed by atoms with Crippen LogP contribution in [0.1, 0.15) is 48.0 Å². The normalized spacial score (nSPS) is 20.3. The maximum Gasteiger partial charge on any atom is 0.231 e. The second kappa shape index (κ2) is 4.80. The summed E-state index contributed by atoms with van der Waals surface area (Å²) in [6, 6.07) is 1.92. The van der Waals surface area contributed by atoms with Crippen LogP contribution in [0.25, 0.3) is 0 Å². The average molecular weight is 326 g/mol. The van der Waals surface area contributed by atoms with Gasteiger partial charge in [-0.25, -0.2) is 0 Å². The van der Waals surface area contributed by atoms with E-state index in [-0.39, 0.29) is 12.3 Å². The Bertz CT molecular complexity index is 524. The highest BCUT2D eigenvalue weighted by molar-refractivity contribution is 9.10. The molecule has 0 saturated heterocycles. The van der Waals surface area contributed by atoms with Crippen molar-refractivity contribution in [2.75, 3.05) is 6.79 Å². The summed E-state index contributed by atoms with van der Waals surface area (Å²) in [6.45, 7) is 0.149. The molecule has 1 aliphatic heterocycles. The van der Waals surface area contributed by atoms with Gasteiger partial charge in [0.2, 0.25) is 6.79 Å². The molecule has 1 heterocycles. The number of benzene rings is 1. The van der Waals surface area contributed by atoms with Crippen molar-refractivity contribution in [1.82, 2.24) is 0 Å². The van der Waals surface area contributed by atoms with Gasteiger partial charge in [-0.2, -0.15) is 0 Å². The molecule has 5 heteroatoms. The van der Waals surface area contributed by atoms with Crippen molar-refractivity contribution in [2.24, 2.45) is 5.73 Å². The van der Waals surface area contributed by atoms with Crippen LogP contribution in [0.2, 0.25) is 0 Å². The zero-order chi connectivity index (χ0) is 13.5. The van der Waals surface area contributed by atoms with Crippen molar-refractivity contribution in [3.8, 4) is 11.5 Å². The van der Waals surface area contributed by atoms with Crippen LogP contribution in [0.3, 0.4) is 0 Å². The van der Waals surface area contributed by atoms with Crippen LogP contribution in [0.5, 0.6) is 11.5 Å². The summed E-state index contributed by atoms with van der Waals surface area (Å²) in [5.74, 6) is 1.17. The number of halogens is 1. The van der Waals surface area contributed by atoms with E-state index in [0.29, 0.717) is 17.1 Å². The van der Waals surface area contributed by atoms with Gasteiger partial charge >= 0.3 is 0 Å². The van der Waals surface area contributed by atoms with Gasteiger partial charge < -0.3 is 15.2 Å². The minimum absolute atomic E-state index is 0.149. The fourth-order valence-corrected chi connectivity index (χ4v) is 3.49. The van der Waals surface area contributed by atoms with Gasteiger partial charge in [0, 0.05) is 15.6 Å². The number of carbonyl (C=O) groups excluding carboxylic acids is 1. The molecule has 1 saturated carbocycles. The molecule has 0 amide bonds. The van der Waals surface area contributed by atoms with Crippen LogP contribution >= 0.6 is 15.9 Å². The Labute approximate surface area is 120 Å². The van der Waals surface area contributed by atoms with Crippen LogP contribution in [0, 0.1) is 0 Å². The van der Waals surface area contributed by atoms with Crippen LogP contribution < -0.4 is 15.2 Å². The number of carbonyl (C=O) groups is 1. The smallest absolute Gasteiger partial charge is 0.231 e. The van der Waals surface area contributed by atoms with Crippen molar-refractivity contribution in [3.05, 3.63) is 21.7 Å². The Morgan fingerprint density at radius 1 is 1.21 bits per heavy atom. The Morgan fingerprint density at radius 3 is 2.58 bits per heavy atom. The second-order valence-corrected chi connectivity index (χ2v) is 6.07. The number of rotatable bonds is 2. The molecule has 0 unspecified atom stereocenters. The zero-order valence-electron chi connectivity index (χ0n) is 10.6. The topological polar surface area (TPSA) is 61.6 Å². The minimum atomic E-state index is -0.375. The van der Waals surface area contributed by atoms with E-state index in [2.05, 4.69) is 15.9 Å². The van der Waals surface area contributed by atoms with Crippen LogP contribution in [0.15, 0.2) is 10.5 Å². The number of hydrogen-bond acceptors (Lipinski definition) is 4. The second-order valence-electron chi connectivity index (χ2n) is 5.22. The first-order valence-corrected chi connectivity index (χ1v) is 7.32.